The summed E-state index contributed by atoms with van der Waals surface area (Å²) in [5.74, 6) is 0.777. The number of carbonyl (C=O) groups is 1. The van der Waals surface area contributed by atoms with Gasteiger partial charge < -0.3 is 10.1 Å². The number of amides is 1. The van der Waals surface area contributed by atoms with Crippen LogP contribution in [0.4, 0.5) is 0 Å². The lowest BCUT2D eigenvalue weighted by Gasteiger charge is -2.37. The number of fused-ring (bicyclic) bond motifs is 1. The Labute approximate surface area is 172 Å². The Bertz CT molecular complexity index is 982. The lowest BCUT2D eigenvalue weighted by molar-refractivity contribution is -0.122. The van der Waals surface area contributed by atoms with Crippen molar-refractivity contribution >= 4 is 15.9 Å². The van der Waals surface area contributed by atoms with E-state index in [9.17, 15) is 13.2 Å². The highest BCUT2D eigenvalue weighted by molar-refractivity contribution is 7.89. The monoisotopic (exact) mass is 416 g/mol. The quantitative estimate of drug-likeness (QED) is 0.784. The first kappa shape index (κ1) is 21.3. The number of ether oxygens (including phenoxy) is 1. The van der Waals surface area contributed by atoms with E-state index < -0.39 is 10.0 Å². The summed E-state index contributed by atoms with van der Waals surface area (Å²) in [5.41, 5.74) is 1.57. The summed E-state index contributed by atoms with van der Waals surface area (Å²) in [5, 5.41) is 3.13. The first-order chi connectivity index (χ1) is 13.6. The Balaban J connectivity index is 1.62. The molecule has 0 aliphatic carbocycles. The molecular weight excluding hydrogens is 388 g/mol. The van der Waals surface area contributed by atoms with Crippen LogP contribution in [0.2, 0.25) is 0 Å². The van der Waals surface area contributed by atoms with Gasteiger partial charge in [-0.2, -0.15) is 0 Å². The van der Waals surface area contributed by atoms with Crippen LogP contribution in [0.1, 0.15) is 43.9 Å². The van der Waals surface area contributed by atoms with Crippen LogP contribution in [0.25, 0.3) is 0 Å². The molecule has 3 rings (SSSR count). The lowest BCUT2D eigenvalue weighted by atomic mass is 9.89. The molecule has 1 N–H and O–H groups in total. The number of nitrogens with zero attached hydrogens (tertiary/aromatic N) is 1. The number of rotatable bonds is 6. The Morgan fingerprint density at radius 1 is 1.14 bits per heavy atom. The predicted molar refractivity (Wildman–Crippen MR) is 112 cm³/mol. The molecule has 2 aromatic carbocycles. The second-order valence-corrected chi connectivity index (χ2v) is 10.3. The van der Waals surface area contributed by atoms with E-state index in [1.807, 2.05) is 38.1 Å². The first-order valence-corrected chi connectivity index (χ1v) is 11.1. The maximum Gasteiger partial charge on any atom is 0.242 e. The third kappa shape index (κ3) is 4.97. The third-order valence-electron chi connectivity index (χ3n) is 5.05. The number of benzene rings is 2. The van der Waals surface area contributed by atoms with Crippen molar-refractivity contribution in [1.29, 1.82) is 0 Å². The van der Waals surface area contributed by atoms with Crippen molar-refractivity contribution in [2.24, 2.45) is 0 Å². The Morgan fingerprint density at radius 3 is 2.45 bits per heavy atom. The van der Waals surface area contributed by atoms with Gasteiger partial charge >= 0.3 is 0 Å². The molecule has 29 heavy (non-hydrogen) atoms. The molecule has 0 fully saturated rings. The van der Waals surface area contributed by atoms with Crippen molar-refractivity contribution in [2.45, 2.75) is 49.6 Å². The van der Waals surface area contributed by atoms with Crippen LogP contribution in [0.15, 0.2) is 53.4 Å². The maximum atomic E-state index is 12.6. The van der Waals surface area contributed by atoms with Gasteiger partial charge in [0, 0.05) is 32.5 Å². The summed E-state index contributed by atoms with van der Waals surface area (Å²) in [6.45, 7) is 4.04. The summed E-state index contributed by atoms with van der Waals surface area (Å²) in [6.07, 6.45) is 1.58. The van der Waals surface area contributed by atoms with E-state index in [1.165, 1.54) is 18.4 Å². The average Bonchev–Trinajstić information content (AvgIpc) is 2.65. The van der Waals surface area contributed by atoms with Crippen molar-refractivity contribution < 1.29 is 17.9 Å². The zero-order valence-corrected chi connectivity index (χ0v) is 18.1. The molecular formula is C22H28N2O4S. The van der Waals surface area contributed by atoms with Crippen LogP contribution < -0.4 is 10.1 Å². The Kier molecular flexibility index (Phi) is 6.00. The van der Waals surface area contributed by atoms with Crippen LogP contribution >= 0.6 is 0 Å². The van der Waals surface area contributed by atoms with Gasteiger partial charge in [-0.15, -0.1) is 0 Å². The third-order valence-corrected chi connectivity index (χ3v) is 6.88. The number of aryl methyl sites for hydroxylation is 1. The van der Waals surface area contributed by atoms with Gasteiger partial charge in [0.05, 0.1) is 10.9 Å². The summed E-state index contributed by atoms with van der Waals surface area (Å²) >= 11 is 0. The van der Waals surface area contributed by atoms with Gasteiger partial charge in [-0.1, -0.05) is 30.3 Å². The molecule has 0 saturated carbocycles. The van der Waals surface area contributed by atoms with Gasteiger partial charge in [0.2, 0.25) is 15.9 Å². The van der Waals surface area contributed by atoms with E-state index in [4.69, 9.17) is 4.74 Å². The number of para-hydroxylation sites is 1. The molecule has 0 radical (unpaired) electrons. The van der Waals surface area contributed by atoms with Crippen molar-refractivity contribution in [3.05, 3.63) is 59.7 Å². The summed E-state index contributed by atoms with van der Waals surface area (Å²) in [7, 11) is -0.435. The highest BCUT2D eigenvalue weighted by atomic mass is 32.2. The summed E-state index contributed by atoms with van der Waals surface area (Å²) in [6, 6.07) is 14.4. The van der Waals surface area contributed by atoms with E-state index >= 15 is 0 Å². The fourth-order valence-corrected chi connectivity index (χ4v) is 4.40. The van der Waals surface area contributed by atoms with Gasteiger partial charge in [0.1, 0.15) is 11.4 Å². The minimum atomic E-state index is -3.44. The topological polar surface area (TPSA) is 75.7 Å². The molecule has 1 atom stereocenters. The molecule has 156 valence electrons. The largest absolute Gasteiger partial charge is 0.487 e. The van der Waals surface area contributed by atoms with E-state index in [2.05, 4.69) is 5.32 Å². The lowest BCUT2D eigenvalue weighted by Crippen LogP contribution is -2.41. The average molecular weight is 417 g/mol. The maximum absolute atomic E-state index is 12.6. The van der Waals surface area contributed by atoms with Gasteiger partial charge in [0.25, 0.3) is 0 Å². The van der Waals surface area contributed by atoms with Gasteiger partial charge in [0.15, 0.2) is 0 Å². The predicted octanol–water partition coefficient (Wildman–Crippen LogP) is 3.29. The second kappa shape index (κ2) is 8.16. The molecule has 1 aliphatic heterocycles. The summed E-state index contributed by atoms with van der Waals surface area (Å²) < 4.78 is 31.5. The van der Waals surface area contributed by atoms with Crippen LogP contribution in [-0.2, 0) is 21.2 Å². The zero-order valence-electron chi connectivity index (χ0n) is 17.3. The van der Waals surface area contributed by atoms with Crippen LogP contribution in [0, 0.1) is 0 Å². The van der Waals surface area contributed by atoms with Crippen LogP contribution in [0.3, 0.4) is 0 Å². The molecule has 0 saturated heterocycles. The smallest absolute Gasteiger partial charge is 0.242 e. The van der Waals surface area contributed by atoms with Crippen molar-refractivity contribution in [2.75, 3.05) is 14.1 Å². The normalized spacial score (nSPS) is 18.0. The number of nitrogens with one attached hydrogen (secondary N) is 1. The number of hydrogen-bond donors (Lipinski definition) is 1. The first-order valence-electron chi connectivity index (χ1n) is 9.67. The molecule has 0 bridgehead atoms. The Hall–Kier alpha value is -2.38. The van der Waals surface area contributed by atoms with E-state index in [-0.39, 0.29) is 22.4 Å². The van der Waals surface area contributed by atoms with Gasteiger partial charge in [-0.05, 0) is 44.0 Å². The molecule has 1 aliphatic rings. The molecule has 2 aromatic rings. The van der Waals surface area contributed by atoms with E-state index in [0.29, 0.717) is 19.3 Å². The molecule has 0 unspecified atom stereocenters. The minimum Gasteiger partial charge on any atom is -0.487 e. The van der Waals surface area contributed by atoms with Crippen LogP contribution in [0.5, 0.6) is 5.75 Å². The molecule has 6 nitrogen and oxygen atoms in total. The number of hydrogen-bond acceptors (Lipinski definition) is 4. The van der Waals surface area contributed by atoms with Crippen molar-refractivity contribution in [3.63, 3.8) is 0 Å². The zero-order chi connectivity index (χ0) is 21.2. The van der Waals surface area contributed by atoms with Gasteiger partial charge in [-0.3, -0.25) is 4.79 Å². The van der Waals surface area contributed by atoms with Gasteiger partial charge in [-0.25, -0.2) is 12.7 Å². The molecule has 1 heterocycles. The van der Waals surface area contributed by atoms with E-state index in [1.54, 1.807) is 24.3 Å². The fourth-order valence-electron chi connectivity index (χ4n) is 3.49. The minimum absolute atomic E-state index is 0.0347. The highest BCUT2D eigenvalue weighted by Gasteiger charge is 2.34. The number of sulfonamides is 1. The van der Waals surface area contributed by atoms with Crippen molar-refractivity contribution in [1.82, 2.24) is 9.62 Å². The van der Waals surface area contributed by atoms with E-state index in [0.717, 1.165) is 16.9 Å². The fraction of sp³-hybridized carbons (Fsp3) is 0.409. The molecule has 7 heteroatoms. The SMILES string of the molecule is CN(C)S(=O)(=O)c1ccc(CCC(=O)N[C@@H]2CC(C)(C)Oc3ccccc32)cc1. The highest BCUT2D eigenvalue weighted by Crippen LogP contribution is 2.39. The number of carbonyl (C=O) groups excluding carboxylic acids is 1. The molecule has 0 aromatic heterocycles. The van der Waals surface area contributed by atoms with Crippen molar-refractivity contribution in [3.8, 4) is 5.75 Å². The summed E-state index contributed by atoms with van der Waals surface area (Å²) in [4.78, 5) is 12.8. The van der Waals surface area contributed by atoms with Crippen LogP contribution in [-0.4, -0.2) is 38.3 Å². The molecule has 1 amide bonds. The Morgan fingerprint density at radius 2 is 1.79 bits per heavy atom. The molecule has 0 spiro atoms. The standard InChI is InChI=1S/C22H28N2O4S/c1-22(2)15-19(18-7-5-6-8-20(18)28-22)23-21(25)14-11-16-9-12-17(13-10-16)29(26,27)24(3)4/h5-10,12-13,19H,11,14-15H2,1-4H3,(H,23,25)/t19-/m1/s1. The second-order valence-electron chi connectivity index (χ2n) is 8.16.